The minimum Gasteiger partial charge on any atom is -0.495 e. The predicted molar refractivity (Wildman–Crippen MR) is 130 cm³/mol. The SMILES string of the molecule is COc1ccccc1NC(=O)CN1C(=O)[C@@H]2[C@@H](C1=O)C1c3ccccc3C2(Br)c2ccccc21. The quantitative estimate of drug-likeness (QED) is 0.419. The third kappa shape index (κ3) is 2.70. The molecule has 4 aliphatic rings. The molecule has 3 aromatic carbocycles. The fraction of sp³-hybridized carbons (Fsp3) is 0.222. The molecule has 34 heavy (non-hydrogen) atoms. The summed E-state index contributed by atoms with van der Waals surface area (Å²) in [6, 6.07) is 23.0. The zero-order valence-corrected chi connectivity index (χ0v) is 19.9. The van der Waals surface area contributed by atoms with Crippen molar-refractivity contribution in [3.63, 3.8) is 0 Å². The first kappa shape index (κ1) is 21.1. The number of carbonyl (C=O) groups is 3. The summed E-state index contributed by atoms with van der Waals surface area (Å²) in [5.41, 5.74) is 4.63. The highest BCUT2D eigenvalue weighted by molar-refractivity contribution is 9.09. The summed E-state index contributed by atoms with van der Waals surface area (Å²) in [5, 5.41) is 2.77. The largest absolute Gasteiger partial charge is 0.495 e. The Morgan fingerprint density at radius 1 is 0.941 bits per heavy atom. The van der Waals surface area contributed by atoms with Gasteiger partial charge in [0.15, 0.2) is 0 Å². The Hall–Kier alpha value is -3.45. The van der Waals surface area contributed by atoms with Crippen LogP contribution in [0.3, 0.4) is 0 Å². The molecule has 1 fully saturated rings. The maximum Gasteiger partial charge on any atom is 0.244 e. The maximum atomic E-state index is 13.7. The van der Waals surface area contributed by atoms with Gasteiger partial charge in [-0.05, 0) is 34.4 Å². The Labute approximate surface area is 205 Å². The van der Waals surface area contributed by atoms with E-state index in [9.17, 15) is 14.4 Å². The Morgan fingerprint density at radius 2 is 1.53 bits per heavy atom. The molecule has 1 aliphatic heterocycles. The molecule has 170 valence electrons. The van der Waals surface area contributed by atoms with E-state index in [1.165, 1.54) is 7.11 Å². The number of ether oxygens (including phenoxy) is 1. The molecule has 2 atom stereocenters. The maximum absolute atomic E-state index is 13.7. The molecule has 1 saturated heterocycles. The molecule has 1 N–H and O–H groups in total. The third-order valence-electron chi connectivity index (χ3n) is 7.29. The second-order valence-corrected chi connectivity index (χ2v) is 10.1. The van der Waals surface area contributed by atoms with E-state index in [0.29, 0.717) is 11.4 Å². The van der Waals surface area contributed by atoms with Gasteiger partial charge in [-0.2, -0.15) is 0 Å². The molecule has 6 nitrogen and oxygen atoms in total. The molecule has 0 saturated carbocycles. The van der Waals surface area contributed by atoms with E-state index in [4.69, 9.17) is 4.74 Å². The number of likely N-dealkylation sites (tertiary alicyclic amines) is 1. The molecule has 0 radical (unpaired) electrons. The lowest BCUT2D eigenvalue weighted by molar-refractivity contribution is -0.142. The highest BCUT2D eigenvalue weighted by Crippen LogP contribution is 2.66. The number of alkyl halides is 1. The van der Waals surface area contributed by atoms with Gasteiger partial charge >= 0.3 is 0 Å². The highest BCUT2D eigenvalue weighted by atomic mass is 79.9. The van der Waals surface area contributed by atoms with Crippen LogP contribution in [-0.2, 0) is 18.7 Å². The number of imide groups is 1. The van der Waals surface area contributed by atoms with Crippen LogP contribution in [0, 0.1) is 11.8 Å². The predicted octanol–water partition coefficient (Wildman–Crippen LogP) is 4.03. The van der Waals surface area contributed by atoms with Crippen molar-refractivity contribution in [3.05, 3.63) is 95.1 Å². The molecular weight excluding hydrogens is 496 g/mol. The van der Waals surface area contributed by atoms with Gasteiger partial charge < -0.3 is 10.1 Å². The second kappa shape index (κ2) is 7.53. The van der Waals surface area contributed by atoms with Gasteiger partial charge in [-0.15, -0.1) is 0 Å². The average molecular weight is 517 g/mol. The third-order valence-corrected chi connectivity index (χ3v) is 8.64. The van der Waals surface area contributed by atoms with Crippen LogP contribution in [0.1, 0.15) is 28.2 Å². The molecule has 0 aromatic heterocycles. The number of amides is 3. The van der Waals surface area contributed by atoms with E-state index in [2.05, 4.69) is 21.2 Å². The van der Waals surface area contributed by atoms with E-state index in [0.717, 1.165) is 27.2 Å². The molecule has 2 bridgehead atoms. The monoisotopic (exact) mass is 516 g/mol. The smallest absolute Gasteiger partial charge is 0.244 e. The van der Waals surface area contributed by atoms with Crippen LogP contribution in [0.25, 0.3) is 0 Å². The zero-order valence-electron chi connectivity index (χ0n) is 18.3. The van der Waals surface area contributed by atoms with Gasteiger partial charge in [-0.25, -0.2) is 0 Å². The standard InChI is InChI=1S/C27H21BrN2O4/c1-34-20-13-7-6-12-19(20)29-21(31)14-30-25(32)23-22-15-8-2-4-10-17(15)27(28,24(23)26(30)33)18-11-5-3-9-16(18)22/h2-13,22-24H,14H2,1H3,(H,29,31)/t22?,23-,24-,27?/m0/s1. The lowest BCUT2D eigenvalue weighted by Crippen LogP contribution is -2.50. The summed E-state index contributed by atoms with van der Waals surface area (Å²) in [6.07, 6.45) is 0. The lowest BCUT2D eigenvalue weighted by Gasteiger charge is -2.51. The van der Waals surface area contributed by atoms with Crippen molar-refractivity contribution in [2.75, 3.05) is 19.0 Å². The normalized spacial score (nSPS) is 26.1. The number of carbonyl (C=O) groups excluding carboxylic acids is 3. The number of nitrogens with zero attached hydrogens (tertiary/aromatic N) is 1. The average Bonchev–Trinajstić information content (AvgIpc) is 3.11. The highest BCUT2D eigenvalue weighted by Gasteiger charge is 2.67. The molecule has 7 rings (SSSR count). The molecule has 0 unspecified atom stereocenters. The van der Waals surface area contributed by atoms with Gasteiger partial charge in [0, 0.05) is 5.92 Å². The lowest BCUT2D eigenvalue weighted by atomic mass is 9.55. The fourth-order valence-corrected chi connectivity index (χ4v) is 7.18. The van der Waals surface area contributed by atoms with Gasteiger partial charge in [-0.1, -0.05) is 76.6 Å². The molecule has 3 amide bonds. The van der Waals surface area contributed by atoms with E-state index in [1.54, 1.807) is 24.3 Å². The van der Waals surface area contributed by atoms with E-state index in [-0.39, 0.29) is 24.3 Å². The number of para-hydroxylation sites is 2. The summed E-state index contributed by atoms with van der Waals surface area (Å²) in [7, 11) is 1.52. The van der Waals surface area contributed by atoms with Gasteiger partial charge in [-0.3, -0.25) is 19.3 Å². The van der Waals surface area contributed by atoms with Crippen LogP contribution in [0.2, 0.25) is 0 Å². The minimum absolute atomic E-state index is 0.226. The summed E-state index contributed by atoms with van der Waals surface area (Å²) >= 11 is 3.95. The summed E-state index contributed by atoms with van der Waals surface area (Å²) in [5.74, 6) is -1.97. The Kier molecular flexibility index (Phi) is 4.68. The Morgan fingerprint density at radius 3 is 2.18 bits per heavy atom. The second-order valence-electron chi connectivity index (χ2n) is 8.88. The van der Waals surface area contributed by atoms with Crippen molar-refractivity contribution < 1.29 is 19.1 Å². The number of rotatable bonds is 4. The molecule has 7 heteroatoms. The van der Waals surface area contributed by atoms with Crippen LogP contribution in [-0.4, -0.2) is 36.3 Å². The van der Waals surface area contributed by atoms with Crippen LogP contribution in [0.15, 0.2) is 72.8 Å². The Bertz CT molecular complexity index is 1320. The number of benzene rings is 3. The van der Waals surface area contributed by atoms with Crippen molar-refractivity contribution in [2.24, 2.45) is 11.8 Å². The summed E-state index contributed by atoms with van der Waals surface area (Å²) in [6.45, 7) is -0.342. The molecule has 1 heterocycles. The van der Waals surface area contributed by atoms with Crippen LogP contribution in [0.5, 0.6) is 5.75 Å². The van der Waals surface area contributed by atoms with E-state index >= 15 is 0 Å². The topological polar surface area (TPSA) is 75.7 Å². The zero-order chi connectivity index (χ0) is 23.6. The van der Waals surface area contributed by atoms with Gasteiger partial charge in [0.25, 0.3) is 0 Å². The molecule has 0 spiro atoms. The molecule has 3 aliphatic carbocycles. The number of nitrogens with one attached hydrogen (secondary N) is 1. The molecule has 3 aromatic rings. The van der Waals surface area contributed by atoms with Crippen LogP contribution < -0.4 is 10.1 Å². The first-order chi connectivity index (χ1) is 16.5. The van der Waals surface area contributed by atoms with Gasteiger partial charge in [0.1, 0.15) is 12.3 Å². The number of hydrogen-bond acceptors (Lipinski definition) is 4. The van der Waals surface area contributed by atoms with E-state index in [1.807, 2.05) is 48.5 Å². The van der Waals surface area contributed by atoms with E-state index < -0.39 is 22.1 Å². The van der Waals surface area contributed by atoms with Crippen LogP contribution >= 0.6 is 15.9 Å². The number of halogens is 1. The van der Waals surface area contributed by atoms with Gasteiger partial charge in [0.2, 0.25) is 17.7 Å². The fourth-order valence-electron chi connectivity index (χ4n) is 5.98. The first-order valence-electron chi connectivity index (χ1n) is 11.1. The Balaban J connectivity index is 1.38. The van der Waals surface area contributed by atoms with Crippen molar-refractivity contribution in [2.45, 2.75) is 10.2 Å². The van der Waals surface area contributed by atoms with Crippen molar-refractivity contribution in [1.29, 1.82) is 0 Å². The molecular formula is C27H21BrN2O4. The summed E-state index contributed by atoms with van der Waals surface area (Å²) < 4.78 is 4.47. The number of hydrogen-bond donors (Lipinski definition) is 1. The number of methoxy groups -OCH3 is 1. The first-order valence-corrected chi connectivity index (χ1v) is 11.9. The van der Waals surface area contributed by atoms with Crippen molar-refractivity contribution >= 4 is 39.3 Å². The number of anilines is 1. The summed E-state index contributed by atoms with van der Waals surface area (Å²) in [4.78, 5) is 41.5. The van der Waals surface area contributed by atoms with Crippen LogP contribution in [0.4, 0.5) is 5.69 Å². The van der Waals surface area contributed by atoms with Gasteiger partial charge in [0.05, 0.1) is 29.0 Å². The van der Waals surface area contributed by atoms with Crippen molar-refractivity contribution in [3.8, 4) is 5.75 Å². The minimum atomic E-state index is -0.819. The van der Waals surface area contributed by atoms with Crippen molar-refractivity contribution in [1.82, 2.24) is 4.90 Å².